The Morgan fingerprint density at radius 1 is 1.19 bits per heavy atom. The molecule has 21 heavy (non-hydrogen) atoms. The van der Waals surface area contributed by atoms with Gasteiger partial charge in [0.15, 0.2) is 0 Å². The van der Waals surface area contributed by atoms with E-state index in [2.05, 4.69) is 27.4 Å². The van der Waals surface area contributed by atoms with Crippen molar-refractivity contribution in [2.24, 2.45) is 5.84 Å². The van der Waals surface area contributed by atoms with Crippen LogP contribution in [0.5, 0.6) is 0 Å². The highest BCUT2D eigenvalue weighted by Gasteiger charge is 2.12. The van der Waals surface area contributed by atoms with Gasteiger partial charge in [0, 0.05) is 31.2 Å². The van der Waals surface area contributed by atoms with Crippen molar-refractivity contribution in [1.82, 2.24) is 5.43 Å². The van der Waals surface area contributed by atoms with Crippen molar-refractivity contribution >= 4 is 50.9 Å². The van der Waals surface area contributed by atoms with E-state index in [-0.39, 0.29) is 6.04 Å². The minimum Gasteiger partial charge on any atom is -0.271 e. The van der Waals surface area contributed by atoms with Crippen LogP contribution in [0.15, 0.2) is 51.8 Å². The number of hydrazine groups is 1. The van der Waals surface area contributed by atoms with Crippen molar-refractivity contribution in [3.05, 3.63) is 62.5 Å². The van der Waals surface area contributed by atoms with Crippen LogP contribution in [0.25, 0.3) is 0 Å². The first kappa shape index (κ1) is 17.1. The number of nitrogens with two attached hydrogens (primary N) is 1. The van der Waals surface area contributed by atoms with E-state index in [1.54, 1.807) is 17.8 Å². The van der Waals surface area contributed by atoms with Gasteiger partial charge in [-0.05, 0) is 58.2 Å². The van der Waals surface area contributed by atoms with Crippen molar-refractivity contribution in [3.8, 4) is 0 Å². The standard InChI is InChI=1S/C15H15BrCl2N2S/c16-13-3-1-2-4-15(13)21-9-12(20-19)8-10-7-11(17)5-6-14(10)18/h1-7,12,20H,8-9,19H2. The highest BCUT2D eigenvalue weighted by atomic mass is 79.9. The zero-order chi connectivity index (χ0) is 15.2. The van der Waals surface area contributed by atoms with Gasteiger partial charge in [0.2, 0.25) is 0 Å². The SMILES string of the molecule is NNC(CSc1ccccc1Br)Cc1cc(Cl)ccc1Cl. The summed E-state index contributed by atoms with van der Waals surface area (Å²) in [5.41, 5.74) is 3.85. The second-order valence-corrected chi connectivity index (χ2v) is 7.30. The Bertz CT molecular complexity index is 610. The molecule has 2 nitrogen and oxygen atoms in total. The first-order valence-corrected chi connectivity index (χ1v) is 8.91. The summed E-state index contributed by atoms with van der Waals surface area (Å²) in [4.78, 5) is 1.19. The second kappa shape index (κ2) is 8.42. The summed E-state index contributed by atoms with van der Waals surface area (Å²) in [6.45, 7) is 0. The van der Waals surface area contributed by atoms with Crippen molar-refractivity contribution in [2.75, 3.05) is 5.75 Å². The third kappa shape index (κ3) is 5.16. The molecule has 6 heteroatoms. The van der Waals surface area contributed by atoms with Gasteiger partial charge in [-0.3, -0.25) is 11.3 Å². The molecule has 0 aliphatic rings. The highest BCUT2D eigenvalue weighted by Crippen LogP contribution is 2.28. The smallest absolute Gasteiger partial charge is 0.0439 e. The van der Waals surface area contributed by atoms with E-state index >= 15 is 0 Å². The maximum Gasteiger partial charge on any atom is 0.0439 e. The molecule has 0 amide bonds. The van der Waals surface area contributed by atoms with Gasteiger partial charge in [0.05, 0.1) is 0 Å². The van der Waals surface area contributed by atoms with Crippen LogP contribution in [-0.2, 0) is 6.42 Å². The first-order valence-electron chi connectivity index (χ1n) is 6.37. The number of nitrogens with one attached hydrogen (secondary N) is 1. The Morgan fingerprint density at radius 3 is 2.67 bits per heavy atom. The highest BCUT2D eigenvalue weighted by molar-refractivity contribution is 9.10. The number of halogens is 3. The van der Waals surface area contributed by atoms with Gasteiger partial charge >= 0.3 is 0 Å². The average molecular weight is 406 g/mol. The molecule has 0 aliphatic carbocycles. The van der Waals surface area contributed by atoms with Crippen LogP contribution in [-0.4, -0.2) is 11.8 Å². The lowest BCUT2D eigenvalue weighted by atomic mass is 10.1. The van der Waals surface area contributed by atoms with Crippen LogP contribution >= 0.6 is 50.9 Å². The summed E-state index contributed by atoms with van der Waals surface area (Å²) in [6.07, 6.45) is 0.730. The second-order valence-electron chi connectivity index (χ2n) is 4.54. The van der Waals surface area contributed by atoms with Gasteiger partial charge < -0.3 is 0 Å². The summed E-state index contributed by atoms with van der Waals surface area (Å²) < 4.78 is 1.09. The Labute approximate surface area is 147 Å². The van der Waals surface area contributed by atoms with Gasteiger partial charge in [-0.2, -0.15) is 0 Å². The normalized spacial score (nSPS) is 12.4. The minimum absolute atomic E-state index is 0.109. The molecule has 0 saturated heterocycles. The van der Waals surface area contributed by atoms with Gasteiger partial charge in [0.1, 0.15) is 0 Å². The Morgan fingerprint density at radius 2 is 1.95 bits per heavy atom. The zero-order valence-corrected chi connectivity index (χ0v) is 15.1. The topological polar surface area (TPSA) is 38.0 Å². The summed E-state index contributed by atoms with van der Waals surface area (Å²) in [5.74, 6) is 6.50. The number of hydrogen-bond acceptors (Lipinski definition) is 3. The van der Waals surface area contributed by atoms with Crippen molar-refractivity contribution in [1.29, 1.82) is 0 Å². The summed E-state index contributed by atoms with van der Waals surface area (Å²) in [7, 11) is 0. The number of rotatable bonds is 6. The fourth-order valence-corrected chi connectivity index (χ4v) is 3.88. The number of thioether (sulfide) groups is 1. The molecule has 0 saturated carbocycles. The lowest BCUT2D eigenvalue weighted by molar-refractivity contribution is 0.575. The molecule has 1 unspecified atom stereocenters. The molecule has 0 radical (unpaired) electrons. The molecule has 3 N–H and O–H groups in total. The van der Waals surface area contributed by atoms with Crippen molar-refractivity contribution < 1.29 is 0 Å². The van der Waals surface area contributed by atoms with E-state index in [0.29, 0.717) is 10.0 Å². The summed E-state index contributed by atoms with van der Waals surface area (Å²) in [6, 6.07) is 13.7. The maximum absolute atomic E-state index is 6.20. The van der Waals surface area contributed by atoms with E-state index in [9.17, 15) is 0 Å². The molecular weight excluding hydrogens is 391 g/mol. The Kier molecular flexibility index (Phi) is 6.86. The molecule has 1 atom stereocenters. The van der Waals surface area contributed by atoms with Gasteiger partial charge in [0.25, 0.3) is 0 Å². The lowest BCUT2D eigenvalue weighted by Gasteiger charge is -2.17. The van der Waals surface area contributed by atoms with E-state index in [1.807, 2.05) is 30.3 Å². The van der Waals surface area contributed by atoms with Crippen LogP contribution in [0.3, 0.4) is 0 Å². The lowest BCUT2D eigenvalue weighted by Crippen LogP contribution is -2.38. The molecule has 2 rings (SSSR count). The average Bonchev–Trinajstić information content (AvgIpc) is 2.48. The molecule has 0 aromatic heterocycles. The quantitative estimate of drug-likeness (QED) is 0.406. The maximum atomic E-state index is 6.20. The predicted octanol–water partition coefficient (Wildman–Crippen LogP) is 4.92. The van der Waals surface area contributed by atoms with E-state index in [0.717, 1.165) is 22.2 Å². The molecule has 0 heterocycles. The monoisotopic (exact) mass is 404 g/mol. The van der Waals surface area contributed by atoms with E-state index in [1.165, 1.54) is 4.90 Å². The summed E-state index contributed by atoms with van der Waals surface area (Å²) >= 11 is 17.5. The minimum atomic E-state index is 0.109. The third-order valence-corrected chi connectivity index (χ3v) is 5.78. The fraction of sp³-hybridized carbons (Fsp3) is 0.200. The molecule has 0 spiro atoms. The zero-order valence-electron chi connectivity index (χ0n) is 11.2. The van der Waals surface area contributed by atoms with Crippen LogP contribution in [0.2, 0.25) is 10.0 Å². The van der Waals surface area contributed by atoms with Gasteiger partial charge in [-0.1, -0.05) is 35.3 Å². The molecular formula is C15H15BrCl2N2S. The van der Waals surface area contributed by atoms with Crippen LogP contribution < -0.4 is 11.3 Å². The molecule has 0 aliphatic heterocycles. The first-order chi connectivity index (χ1) is 10.1. The molecule has 0 bridgehead atoms. The fourth-order valence-electron chi connectivity index (χ4n) is 1.88. The van der Waals surface area contributed by atoms with Crippen LogP contribution in [0, 0.1) is 0 Å². The summed E-state index contributed by atoms with van der Waals surface area (Å²) in [5, 5.41) is 1.40. The van der Waals surface area contributed by atoms with E-state index in [4.69, 9.17) is 29.0 Å². The van der Waals surface area contributed by atoms with Crippen LogP contribution in [0.4, 0.5) is 0 Å². The molecule has 2 aromatic carbocycles. The third-order valence-electron chi connectivity index (χ3n) is 2.99. The van der Waals surface area contributed by atoms with Crippen molar-refractivity contribution in [3.63, 3.8) is 0 Å². The van der Waals surface area contributed by atoms with Gasteiger partial charge in [-0.15, -0.1) is 11.8 Å². The number of hydrogen-bond donors (Lipinski definition) is 2. The predicted molar refractivity (Wildman–Crippen MR) is 96.1 cm³/mol. The molecule has 112 valence electrons. The van der Waals surface area contributed by atoms with Crippen molar-refractivity contribution in [2.45, 2.75) is 17.4 Å². The Balaban J connectivity index is 2.00. The number of benzene rings is 2. The van der Waals surface area contributed by atoms with Gasteiger partial charge in [-0.25, -0.2) is 0 Å². The van der Waals surface area contributed by atoms with E-state index < -0.39 is 0 Å². The molecule has 0 fully saturated rings. The van der Waals surface area contributed by atoms with Crippen LogP contribution in [0.1, 0.15) is 5.56 Å². The largest absolute Gasteiger partial charge is 0.271 e. The molecule has 2 aromatic rings. The Hall–Kier alpha value is -0.230.